The summed E-state index contributed by atoms with van der Waals surface area (Å²) in [6, 6.07) is 8.16. The van der Waals surface area contributed by atoms with Crippen LogP contribution in [0, 0.1) is 6.92 Å². The molecule has 0 aliphatic rings. The number of rotatable bonds is 4. The number of halogens is 1. The maximum absolute atomic E-state index is 4.21. The van der Waals surface area contributed by atoms with Gasteiger partial charge in [0.1, 0.15) is 0 Å². The van der Waals surface area contributed by atoms with E-state index in [0.29, 0.717) is 0 Å². The molecular weight excluding hydrogens is 290 g/mol. The molecule has 0 saturated carbocycles. The second kappa shape index (κ2) is 5.87. The molecule has 0 unspecified atom stereocenters. The van der Waals surface area contributed by atoms with Crippen molar-refractivity contribution in [2.24, 2.45) is 0 Å². The SMILES string of the molecule is CCNc1cncc(Nc2cccc(Br)c2C)c1. The summed E-state index contributed by atoms with van der Waals surface area (Å²) in [5.41, 5.74) is 4.27. The minimum Gasteiger partial charge on any atom is -0.384 e. The summed E-state index contributed by atoms with van der Waals surface area (Å²) in [5, 5.41) is 6.63. The highest BCUT2D eigenvalue weighted by molar-refractivity contribution is 9.10. The summed E-state index contributed by atoms with van der Waals surface area (Å²) < 4.78 is 1.10. The topological polar surface area (TPSA) is 37.0 Å². The third kappa shape index (κ3) is 3.01. The molecule has 94 valence electrons. The van der Waals surface area contributed by atoms with Crippen LogP contribution in [0.4, 0.5) is 17.1 Å². The van der Waals surface area contributed by atoms with Gasteiger partial charge in [-0.25, -0.2) is 0 Å². The van der Waals surface area contributed by atoms with Gasteiger partial charge >= 0.3 is 0 Å². The van der Waals surface area contributed by atoms with Crippen molar-refractivity contribution in [1.29, 1.82) is 0 Å². The van der Waals surface area contributed by atoms with Gasteiger partial charge in [0.15, 0.2) is 0 Å². The predicted molar refractivity (Wildman–Crippen MR) is 80.6 cm³/mol. The molecule has 0 spiro atoms. The Morgan fingerprint density at radius 1 is 1.22 bits per heavy atom. The molecule has 18 heavy (non-hydrogen) atoms. The Balaban J connectivity index is 2.23. The van der Waals surface area contributed by atoms with Crippen molar-refractivity contribution in [1.82, 2.24) is 4.98 Å². The van der Waals surface area contributed by atoms with Crippen molar-refractivity contribution in [3.05, 3.63) is 46.7 Å². The molecule has 0 fully saturated rings. The third-order valence-corrected chi connectivity index (χ3v) is 3.52. The standard InChI is InChI=1S/C14H16BrN3/c1-3-17-11-7-12(9-16-8-11)18-14-6-4-5-13(15)10(14)2/h4-9,17-18H,3H2,1-2H3. The fraction of sp³-hybridized carbons (Fsp3) is 0.214. The Morgan fingerprint density at radius 2 is 2.00 bits per heavy atom. The molecule has 0 aliphatic heterocycles. The molecule has 0 saturated heterocycles. The number of anilines is 3. The molecule has 0 atom stereocenters. The van der Waals surface area contributed by atoms with Crippen molar-refractivity contribution in [2.75, 3.05) is 17.2 Å². The van der Waals surface area contributed by atoms with Gasteiger partial charge in [-0.05, 0) is 37.6 Å². The predicted octanol–water partition coefficient (Wildman–Crippen LogP) is 4.33. The van der Waals surface area contributed by atoms with Gasteiger partial charge < -0.3 is 10.6 Å². The molecule has 2 rings (SSSR count). The molecule has 0 bridgehead atoms. The number of nitrogens with zero attached hydrogens (tertiary/aromatic N) is 1. The average Bonchev–Trinajstić information content (AvgIpc) is 2.36. The fourth-order valence-corrected chi connectivity index (χ4v) is 2.07. The van der Waals surface area contributed by atoms with Crippen molar-refractivity contribution >= 4 is 33.0 Å². The summed E-state index contributed by atoms with van der Waals surface area (Å²) in [6.45, 7) is 5.04. The van der Waals surface area contributed by atoms with Crippen LogP contribution in [-0.2, 0) is 0 Å². The van der Waals surface area contributed by atoms with Crippen LogP contribution in [0.5, 0.6) is 0 Å². The number of pyridine rings is 1. The van der Waals surface area contributed by atoms with Crippen LogP contribution >= 0.6 is 15.9 Å². The van der Waals surface area contributed by atoms with Crippen LogP contribution in [0.15, 0.2) is 41.1 Å². The fourth-order valence-electron chi connectivity index (χ4n) is 1.71. The van der Waals surface area contributed by atoms with Crippen molar-refractivity contribution in [3.8, 4) is 0 Å². The monoisotopic (exact) mass is 305 g/mol. The number of nitrogens with one attached hydrogen (secondary N) is 2. The molecular formula is C14H16BrN3. The second-order valence-corrected chi connectivity index (χ2v) is 4.88. The highest BCUT2D eigenvalue weighted by Gasteiger charge is 2.02. The summed E-state index contributed by atoms with van der Waals surface area (Å²) >= 11 is 3.53. The Kier molecular flexibility index (Phi) is 4.20. The highest BCUT2D eigenvalue weighted by Crippen LogP contribution is 2.26. The van der Waals surface area contributed by atoms with E-state index in [4.69, 9.17) is 0 Å². The van der Waals surface area contributed by atoms with Gasteiger partial charge in [0, 0.05) is 16.7 Å². The normalized spacial score (nSPS) is 10.2. The molecule has 3 nitrogen and oxygen atoms in total. The zero-order valence-corrected chi connectivity index (χ0v) is 12.1. The van der Waals surface area contributed by atoms with E-state index >= 15 is 0 Å². The first-order valence-corrected chi connectivity index (χ1v) is 6.71. The number of aromatic nitrogens is 1. The summed E-state index contributed by atoms with van der Waals surface area (Å²) in [7, 11) is 0. The lowest BCUT2D eigenvalue weighted by Gasteiger charge is -2.11. The van der Waals surface area contributed by atoms with Gasteiger partial charge in [-0.2, -0.15) is 0 Å². The Hall–Kier alpha value is -1.55. The van der Waals surface area contributed by atoms with Crippen LogP contribution in [0.1, 0.15) is 12.5 Å². The number of hydrogen-bond donors (Lipinski definition) is 2. The smallest absolute Gasteiger partial charge is 0.0591 e. The minimum absolute atomic E-state index is 0.890. The van der Waals surface area contributed by atoms with Crippen molar-refractivity contribution in [3.63, 3.8) is 0 Å². The largest absolute Gasteiger partial charge is 0.384 e. The summed E-state index contributed by atoms with van der Waals surface area (Å²) in [5.74, 6) is 0. The lowest BCUT2D eigenvalue weighted by molar-refractivity contribution is 1.19. The lowest BCUT2D eigenvalue weighted by Crippen LogP contribution is -1.99. The quantitative estimate of drug-likeness (QED) is 0.883. The molecule has 0 aliphatic carbocycles. The minimum atomic E-state index is 0.890. The highest BCUT2D eigenvalue weighted by atomic mass is 79.9. The van der Waals surface area contributed by atoms with Crippen LogP contribution in [-0.4, -0.2) is 11.5 Å². The van der Waals surface area contributed by atoms with Gasteiger partial charge in [0.2, 0.25) is 0 Å². The van der Waals surface area contributed by atoms with E-state index in [9.17, 15) is 0 Å². The van der Waals surface area contributed by atoms with Gasteiger partial charge in [0.25, 0.3) is 0 Å². The van der Waals surface area contributed by atoms with Crippen molar-refractivity contribution < 1.29 is 0 Å². The Labute approximate surface area is 116 Å². The first-order chi connectivity index (χ1) is 8.70. The first-order valence-electron chi connectivity index (χ1n) is 5.91. The van der Waals surface area contributed by atoms with E-state index in [2.05, 4.69) is 57.5 Å². The van der Waals surface area contributed by atoms with E-state index in [0.717, 1.165) is 28.1 Å². The second-order valence-electron chi connectivity index (χ2n) is 4.03. The maximum Gasteiger partial charge on any atom is 0.0591 e. The van der Waals surface area contributed by atoms with Gasteiger partial charge in [0.05, 0.1) is 23.8 Å². The number of benzene rings is 1. The molecule has 1 aromatic carbocycles. The van der Waals surface area contributed by atoms with Gasteiger partial charge in [-0.3, -0.25) is 4.98 Å². The van der Waals surface area contributed by atoms with Gasteiger partial charge in [-0.15, -0.1) is 0 Å². The molecule has 1 heterocycles. The van der Waals surface area contributed by atoms with E-state index in [1.807, 2.05) is 24.5 Å². The third-order valence-electron chi connectivity index (χ3n) is 2.67. The number of hydrogen-bond acceptors (Lipinski definition) is 3. The molecule has 1 aromatic heterocycles. The van der Waals surface area contributed by atoms with Crippen LogP contribution in [0.3, 0.4) is 0 Å². The molecule has 0 amide bonds. The van der Waals surface area contributed by atoms with Gasteiger partial charge in [-0.1, -0.05) is 22.0 Å². The zero-order valence-electron chi connectivity index (χ0n) is 10.5. The average molecular weight is 306 g/mol. The molecule has 4 heteroatoms. The van der Waals surface area contributed by atoms with Crippen LogP contribution in [0.2, 0.25) is 0 Å². The van der Waals surface area contributed by atoms with Crippen LogP contribution in [0.25, 0.3) is 0 Å². The summed E-state index contributed by atoms with van der Waals surface area (Å²) in [6.07, 6.45) is 3.64. The van der Waals surface area contributed by atoms with E-state index < -0.39 is 0 Å². The first kappa shape index (κ1) is 12.9. The summed E-state index contributed by atoms with van der Waals surface area (Å²) in [4.78, 5) is 4.21. The lowest BCUT2D eigenvalue weighted by atomic mass is 10.2. The molecule has 2 aromatic rings. The Bertz CT molecular complexity index is 540. The van der Waals surface area contributed by atoms with E-state index in [-0.39, 0.29) is 0 Å². The van der Waals surface area contributed by atoms with Crippen molar-refractivity contribution in [2.45, 2.75) is 13.8 Å². The zero-order chi connectivity index (χ0) is 13.0. The molecule has 0 radical (unpaired) electrons. The molecule has 2 N–H and O–H groups in total. The van der Waals surface area contributed by atoms with Crippen LogP contribution < -0.4 is 10.6 Å². The Morgan fingerprint density at radius 3 is 2.78 bits per heavy atom. The maximum atomic E-state index is 4.21. The van der Waals surface area contributed by atoms with E-state index in [1.165, 1.54) is 5.56 Å². The van der Waals surface area contributed by atoms with E-state index in [1.54, 1.807) is 0 Å².